The van der Waals surface area contributed by atoms with Crippen molar-refractivity contribution in [2.75, 3.05) is 13.2 Å². The SMILES string of the molecule is CC/C=C(\C)C(=O)OCC1CCCCO1. The van der Waals surface area contributed by atoms with Gasteiger partial charge in [-0.3, -0.25) is 0 Å². The van der Waals surface area contributed by atoms with Gasteiger partial charge in [0.15, 0.2) is 0 Å². The van der Waals surface area contributed by atoms with Crippen LogP contribution < -0.4 is 0 Å². The predicted octanol–water partition coefficient (Wildman–Crippen LogP) is 2.46. The number of ether oxygens (including phenoxy) is 2. The van der Waals surface area contributed by atoms with Gasteiger partial charge in [0.2, 0.25) is 0 Å². The minimum absolute atomic E-state index is 0.108. The minimum atomic E-state index is -0.217. The third-order valence-corrected chi connectivity index (χ3v) is 2.51. The second kappa shape index (κ2) is 6.62. The fraction of sp³-hybridized carbons (Fsp3) is 0.750. The molecule has 0 saturated carbocycles. The minimum Gasteiger partial charge on any atom is -0.460 e. The summed E-state index contributed by atoms with van der Waals surface area (Å²) in [6.45, 7) is 4.98. The summed E-state index contributed by atoms with van der Waals surface area (Å²) in [6.07, 6.45) is 6.15. The molecule has 0 aliphatic carbocycles. The molecule has 1 saturated heterocycles. The highest BCUT2D eigenvalue weighted by atomic mass is 16.6. The molecule has 1 unspecified atom stereocenters. The third kappa shape index (κ3) is 4.47. The molecule has 0 aromatic heterocycles. The molecule has 1 heterocycles. The predicted molar refractivity (Wildman–Crippen MR) is 58.6 cm³/mol. The lowest BCUT2D eigenvalue weighted by atomic mass is 10.1. The van der Waals surface area contributed by atoms with Gasteiger partial charge in [0.05, 0.1) is 6.10 Å². The van der Waals surface area contributed by atoms with Crippen LogP contribution in [0.3, 0.4) is 0 Å². The van der Waals surface area contributed by atoms with E-state index in [1.807, 2.05) is 13.0 Å². The Balaban J connectivity index is 2.23. The molecule has 15 heavy (non-hydrogen) atoms. The van der Waals surface area contributed by atoms with Crippen molar-refractivity contribution in [1.29, 1.82) is 0 Å². The summed E-state index contributed by atoms with van der Waals surface area (Å²) in [6, 6.07) is 0. The molecule has 0 spiro atoms. The molecule has 0 radical (unpaired) electrons. The van der Waals surface area contributed by atoms with Crippen LogP contribution in [0.25, 0.3) is 0 Å². The maximum Gasteiger partial charge on any atom is 0.333 e. The van der Waals surface area contributed by atoms with E-state index in [9.17, 15) is 4.79 Å². The molecule has 1 fully saturated rings. The smallest absolute Gasteiger partial charge is 0.333 e. The summed E-state index contributed by atoms with van der Waals surface area (Å²) in [5.41, 5.74) is 0.688. The first-order valence-corrected chi connectivity index (χ1v) is 5.69. The highest BCUT2D eigenvalue weighted by Crippen LogP contribution is 2.13. The van der Waals surface area contributed by atoms with Crippen molar-refractivity contribution >= 4 is 5.97 Å². The van der Waals surface area contributed by atoms with Gasteiger partial charge in [0.1, 0.15) is 6.61 Å². The van der Waals surface area contributed by atoms with E-state index in [4.69, 9.17) is 9.47 Å². The Bertz CT molecular complexity index is 227. The Kier molecular flexibility index (Phi) is 5.40. The molecule has 0 N–H and O–H groups in total. The zero-order chi connectivity index (χ0) is 11.1. The molecule has 0 bridgehead atoms. The largest absolute Gasteiger partial charge is 0.460 e. The zero-order valence-corrected chi connectivity index (χ0v) is 9.62. The van der Waals surface area contributed by atoms with E-state index in [1.165, 1.54) is 6.42 Å². The van der Waals surface area contributed by atoms with E-state index >= 15 is 0 Å². The number of rotatable bonds is 4. The second-order valence-electron chi connectivity index (χ2n) is 3.88. The van der Waals surface area contributed by atoms with Gasteiger partial charge in [-0.05, 0) is 32.6 Å². The van der Waals surface area contributed by atoms with Crippen LogP contribution in [0.2, 0.25) is 0 Å². The van der Waals surface area contributed by atoms with E-state index in [0.717, 1.165) is 25.9 Å². The van der Waals surface area contributed by atoms with Crippen LogP contribution in [-0.4, -0.2) is 25.3 Å². The maximum absolute atomic E-state index is 11.4. The molecule has 3 heteroatoms. The molecule has 0 aromatic rings. The first-order chi connectivity index (χ1) is 7.24. The normalized spacial score (nSPS) is 22.5. The first kappa shape index (κ1) is 12.2. The standard InChI is InChI=1S/C12H20O3/c1-3-6-10(2)12(13)15-9-11-7-4-5-8-14-11/h6,11H,3-5,7-9H2,1-2H3/b10-6+. The lowest BCUT2D eigenvalue weighted by Gasteiger charge is -2.22. The third-order valence-electron chi connectivity index (χ3n) is 2.51. The molecule has 1 aliphatic heterocycles. The lowest BCUT2D eigenvalue weighted by Crippen LogP contribution is -2.26. The maximum atomic E-state index is 11.4. The number of carbonyl (C=O) groups is 1. The van der Waals surface area contributed by atoms with Crippen molar-refractivity contribution in [1.82, 2.24) is 0 Å². The van der Waals surface area contributed by atoms with Crippen LogP contribution in [-0.2, 0) is 14.3 Å². The zero-order valence-electron chi connectivity index (χ0n) is 9.62. The molecule has 1 aliphatic rings. The van der Waals surface area contributed by atoms with Gasteiger partial charge in [-0.2, -0.15) is 0 Å². The quantitative estimate of drug-likeness (QED) is 0.530. The van der Waals surface area contributed by atoms with Crippen molar-refractivity contribution in [3.63, 3.8) is 0 Å². The summed E-state index contributed by atoms with van der Waals surface area (Å²) in [7, 11) is 0. The molecule has 86 valence electrons. The average Bonchev–Trinajstić information content (AvgIpc) is 2.27. The molecule has 0 amide bonds. The van der Waals surface area contributed by atoms with Gasteiger partial charge >= 0.3 is 5.97 Å². The van der Waals surface area contributed by atoms with E-state index in [-0.39, 0.29) is 12.1 Å². The monoisotopic (exact) mass is 212 g/mol. The highest BCUT2D eigenvalue weighted by molar-refractivity contribution is 5.87. The summed E-state index contributed by atoms with van der Waals surface area (Å²) >= 11 is 0. The van der Waals surface area contributed by atoms with Gasteiger partial charge in [-0.1, -0.05) is 13.0 Å². The fourth-order valence-electron chi connectivity index (χ4n) is 1.61. The molecular formula is C12H20O3. The Morgan fingerprint density at radius 2 is 2.33 bits per heavy atom. The summed E-state index contributed by atoms with van der Waals surface area (Å²) in [5.74, 6) is -0.217. The van der Waals surface area contributed by atoms with Gasteiger partial charge in [0, 0.05) is 12.2 Å². The summed E-state index contributed by atoms with van der Waals surface area (Å²) in [5, 5.41) is 0. The van der Waals surface area contributed by atoms with Gasteiger partial charge in [0.25, 0.3) is 0 Å². The van der Waals surface area contributed by atoms with E-state index in [1.54, 1.807) is 6.92 Å². The van der Waals surface area contributed by atoms with E-state index in [0.29, 0.717) is 12.2 Å². The van der Waals surface area contributed by atoms with Gasteiger partial charge in [-0.25, -0.2) is 4.79 Å². The van der Waals surface area contributed by atoms with Gasteiger partial charge in [-0.15, -0.1) is 0 Å². The van der Waals surface area contributed by atoms with E-state index in [2.05, 4.69) is 0 Å². The number of hydrogen-bond acceptors (Lipinski definition) is 3. The van der Waals surface area contributed by atoms with Crippen molar-refractivity contribution in [2.45, 2.75) is 45.6 Å². The first-order valence-electron chi connectivity index (χ1n) is 5.69. The van der Waals surface area contributed by atoms with Crippen LogP contribution in [0, 0.1) is 0 Å². The Hall–Kier alpha value is -0.830. The summed E-state index contributed by atoms with van der Waals surface area (Å²) in [4.78, 5) is 11.4. The van der Waals surface area contributed by atoms with Crippen LogP contribution in [0.15, 0.2) is 11.6 Å². The Morgan fingerprint density at radius 1 is 1.53 bits per heavy atom. The van der Waals surface area contributed by atoms with Crippen molar-refractivity contribution in [3.8, 4) is 0 Å². The number of esters is 1. The highest BCUT2D eigenvalue weighted by Gasteiger charge is 2.16. The fourth-order valence-corrected chi connectivity index (χ4v) is 1.61. The Morgan fingerprint density at radius 3 is 2.93 bits per heavy atom. The van der Waals surface area contributed by atoms with Crippen LogP contribution in [0.5, 0.6) is 0 Å². The number of carbonyl (C=O) groups excluding carboxylic acids is 1. The van der Waals surface area contributed by atoms with Gasteiger partial charge < -0.3 is 9.47 Å². The lowest BCUT2D eigenvalue weighted by molar-refractivity contribution is -0.144. The molecule has 1 rings (SSSR count). The molecule has 1 atom stereocenters. The van der Waals surface area contributed by atoms with Crippen LogP contribution in [0.4, 0.5) is 0 Å². The van der Waals surface area contributed by atoms with Crippen molar-refractivity contribution in [3.05, 3.63) is 11.6 Å². The van der Waals surface area contributed by atoms with E-state index < -0.39 is 0 Å². The number of hydrogen-bond donors (Lipinski definition) is 0. The molecule has 3 nitrogen and oxygen atoms in total. The molecule has 0 aromatic carbocycles. The van der Waals surface area contributed by atoms with Crippen LogP contribution in [0.1, 0.15) is 39.5 Å². The average molecular weight is 212 g/mol. The summed E-state index contributed by atoms with van der Waals surface area (Å²) < 4.78 is 10.6. The molecular weight excluding hydrogens is 192 g/mol. The van der Waals surface area contributed by atoms with Crippen molar-refractivity contribution < 1.29 is 14.3 Å². The Labute approximate surface area is 91.4 Å². The second-order valence-corrected chi connectivity index (χ2v) is 3.88. The number of allylic oxidation sites excluding steroid dienone is 1. The van der Waals surface area contributed by atoms with Crippen molar-refractivity contribution in [2.24, 2.45) is 0 Å². The topological polar surface area (TPSA) is 35.5 Å². The van der Waals surface area contributed by atoms with Crippen LogP contribution >= 0.6 is 0 Å².